The number of amides is 3. The number of aromatic nitrogens is 1. The molecule has 0 saturated carbocycles. The number of nitrogens with zero attached hydrogens (tertiary/aromatic N) is 2. The lowest BCUT2D eigenvalue weighted by atomic mass is 9.96. The first kappa shape index (κ1) is 21.7. The summed E-state index contributed by atoms with van der Waals surface area (Å²) in [6.07, 6.45) is 2.73. The fourth-order valence-electron chi connectivity index (χ4n) is 3.54. The molecule has 0 bridgehead atoms. The van der Waals surface area contributed by atoms with Gasteiger partial charge in [-0.1, -0.05) is 0 Å². The lowest BCUT2D eigenvalue weighted by molar-refractivity contribution is -0.121. The molecule has 170 valence electrons. The van der Waals surface area contributed by atoms with Gasteiger partial charge in [0.1, 0.15) is 6.61 Å². The summed E-state index contributed by atoms with van der Waals surface area (Å²) in [6.45, 7) is 2.07. The first-order chi connectivity index (χ1) is 15.6. The van der Waals surface area contributed by atoms with E-state index in [4.69, 9.17) is 18.9 Å². The zero-order valence-corrected chi connectivity index (χ0v) is 17.8. The van der Waals surface area contributed by atoms with Gasteiger partial charge < -0.3 is 34.5 Å². The monoisotopic (exact) mass is 442 g/mol. The van der Waals surface area contributed by atoms with Gasteiger partial charge in [-0.05, 0) is 31.0 Å². The molecule has 1 aromatic carbocycles. The fourth-order valence-corrected chi connectivity index (χ4v) is 3.54. The Balaban J connectivity index is 1.22. The van der Waals surface area contributed by atoms with E-state index in [-0.39, 0.29) is 24.6 Å². The largest absolute Gasteiger partial charge is 0.475 e. The van der Waals surface area contributed by atoms with Gasteiger partial charge in [0.05, 0.1) is 18.5 Å². The molecule has 2 N–H and O–H groups in total. The summed E-state index contributed by atoms with van der Waals surface area (Å²) in [4.78, 5) is 31.0. The third-order valence-corrected chi connectivity index (χ3v) is 5.32. The highest BCUT2D eigenvalue weighted by Crippen LogP contribution is 2.34. The topological polar surface area (TPSA) is 111 Å². The molecule has 0 radical (unpaired) electrons. The lowest BCUT2D eigenvalue weighted by Gasteiger charge is -2.31. The number of hydrogen-bond donors (Lipinski definition) is 2. The maximum atomic E-state index is 12.6. The quantitative estimate of drug-likeness (QED) is 0.634. The second-order valence-electron chi connectivity index (χ2n) is 7.48. The Morgan fingerprint density at radius 1 is 1.06 bits per heavy atom. The molecule has 2 aromatic rings. The van der Waals surface area contributed by atoms with Gasteiger partial charge in [-0.2, -0.15) is 0 Å². The van der Waals surface area contributed by atoms with Gasteiger partial charge in [0, 0.05) is 43.9 Å². The molecule has 3 amide bonds. The minimum Gasteiger partial charge on any atom is -0.475 e. The molecule has 1 fully saturated rings. The molecule has 10 nitrogen and oxygen atoms in total. The zero-order chi connectivity index (χ0) is 22.3. The SMILES string of the molecule is COCCOc1ccc(NC(=O)N2CCC(C(=O)Nc3ccc4c(c3)OCO4)CC2)cn1. The molecule has 2 aliphatic rings. The maximum Gasteiger partial charge on any atom is 0.321 e. The number of likely N-dealkylation sites (tertiary alicyclic amines) is 1. The summed E-state index contributed by atoms with van der Waals surface area (Å²) in [7, 11) is 1.60. The Hall–Kier alpha value is -3.53. The number of benzene rings is 1. The van der Waals surface area contributed by atoms with Crippen molar-refractivity contribution >= 4 is 23.3 Å². The second-order valence-corrected chi connectivity index (χ2v) is 7.48. The van der Waals surface area contributed by atoms with Crippen LogP contribution in [-0.2, 0) is 9.53 Å². The Labute approximate surface area is 185 Å². The van der Waals surface area contributed by atoms with Crippen LogP contribution >= 0.6 is 0 Å². The third-order valence-electron chi connectivity index (χ3n) is 5.32. The minimum absolute atomic E-state index is 0.0582. The van der Waals surface area contributed by atoms with Crippen molar-refractivity contribution in [1.82, 2.24) is 9.88 Å². The van der Waals surface area contributed by atoms with Crippen LogP contribution in [0.4, 0.5) is 16.2 Å². The normalized spacial score (nSPS) is 15.3. The standard InChI is InChI=1S/C22H26N4O6/c1-29-10-11-30-20-5-3-17(13-23-20)25-22(28)26-8-6-15(7-9-26)21(27)24-16-2-4-18-19(12-16)32-14-31-18/h2-5,12-13,15H,6-11,14H2,1H3,(H,24,27)(H,25,28). The molecule has 1 aromatic heterocycles. The molecule has 3 heterocycles. The van der Waals surface area contributed by atoms with E-state index in [9.17, 15) is 9.59 Å². The number of ether oxygens (including phenoxy) is 4. The van der Waals surface area contributed by atoms with Crippen LogP contribution in [0.15, 0.2) is 36.5 Å². The van der Waals surface area contributed by atoms with E-state index in [2.05, 4.69) is 15.6 Å². The predicted molar refractivity (Wildman–Crippen MR) is 116 cm³/mol. The molecule has 4 rings (SSSR count). The molecule has 10 heteroatoms. The molecule has 0 spiro atoms. The van der Waals surface area contributed by atoms with Gasteiger partial charge in [0.25, 0.3) is 0 Å². The van der Waals surface area contributed by atoms with Crippen molar-refractivity contribution in [3.8, 4) is 17.4 Å². The number of rotatable bonds is 7. The molecule has 2 aliphatic heterocycles. The van der Waals surface area contributed by atoms with Crippen LogP contribution in [0, 0.1) is 5.92 Å². The van der Waals surface area contributed by atoms with Crippen LogP contribution in [-0.4, -0.2) is 62.0 Å². The van der Waals surface area contributed by atoms with Gasteiger partial charge >= 0.3 is 6.03 Å². The molecule has 0 atom stereocenters. The minimum atomic E-state index is -0.213. The fraction of sp³-hybridized carbons (Fsp3) is 0.409. The molecule has 0 aliphatic carbocycles. The molecule has 32 heavy (non-hydrogen) atoms. The Kier molecular flexibility index (Phi) is 6.90. The van der Waals surface area contributed by atoms with E-state index in [1.165, 1.54) is 0 Å². The number of hydrogen-bond acceptors (Lipinski definition) is 7. The molecule has 0 unspecified atom stereocenters. The average Bonchev–Trinajstić information content (AvgIpc) is 3.28. The van der Waals surface area contributed by atoms with Crippen LogP contribution in [0.5, 0.6) is 17.4 Å². The van der Waals surface area contributed by atoms with Crippen molar-refractivity contribution in [2.75, 3.05) is 50.8 Å². The summed E-state index contributed by atoms with van der Waals surface area (Å²) < 4.78 is 21.0. The lowest BCUT2D eigenvalue weighted by Crippen LogP contribution is -2.43. The summed E-state index contributed by atoms with van der Waals surface area (Å²) in [5, 5.41) is 5.76. The Bertz CT molecular complexity index is 944. The van der Waals surface area contributed by atoms with Gasteiger partial charge in [0.15, 0.2) is 11.5 Å². The number of fused-ring (bicyclic) bond motifs is 1. The number of carbonyl (C=O) groups excluding carboxylic acids is 2. The molecular formula is C22H26N4O6. The molecule has 1 saturated heterocycles. The van der Waals surface area contributed by atoms with Crippen LogP contribution in [0.25, 0.3) is 0 Å². The van der Waals surface area contributed by atoms with Gasteiger partial charge in [0.2, 0.25) is 18.6 Å². The highest BCUT2D eigenvalue weighted by Gasteiger charge is 2.28. The summed E-state index contributed by atoms with van der Waals surface area (Å²) in [5.74, 6) is 1.55. The van der Waals surface area contributed by atoms with Crippen molar-refractivity contribution in [2.24, 2.45) is 5.92 Å². The van der Waals surface area contributed by atoms with Gasteiger partial charge in [-0.3, -0.25) is 4.79 Å². The highest BCUT2D eigenvalue weighted by molar-refractivity contribution is 5.93. The Morgan fingerprint density at radius 3 is 2.59 bits per heavy atom. The van der Waals surface area contributed by atoms with Crippen molar-refractivity contribution in [2.45, 2.75) is 12.8 Å². The van der Waals surface area contributed by atoms with E-state index in [0.29, 0.717) is 67.9 Å². The number of methoxy groups -OCH3 is 1. The average molecular weight is 442 g/mol. The maximum absolute atomic E-state index is 12.6. The van der Waals surface area contributed by atoms with Crippen molar-refractivity contribution in [1.29, 1.82) is 0 Å². The van der Waals surface area contributed by atoms with Crippen LogP contribution in [0.3, 0.4) is 0 Å². The van der Waals surface area contributed by atoms with Crippen LogP contribution < -0.4 is 24.8 Å². The zero-order valence-electron chi connectivity index (χ0n) is 17.8. The van der Waals surface area contributed by atoms with Crippen LogP contribution in [0.2, 0.25) is 0 Å². The first-order valence-corrected chi connectivity index (χ1v) is 10.5. The van der Waals surface area contributed by atoms with Gasteiger partial charge in [-0.25, -0.2) is 9.78 Å². The van der Waals surface area contributed by atoms with Gasteiger partial charge in [-0.15, -0.1) is 0 Å². The number of carbonyl (C=O) groups is 2. The van der Waals surface area contributed by atoms with Crippen LogP contribution in [0.1, 0.15) is 12.8 Å². The van der Waals surface area contributed by atoms with E-state index in [0.717, 1.165) is 0 Å². The number of urea groups is 1. The molecular weight excluding hydrogens is 416 g/mol. The third kappa shape index (κ3) is 5.38. The van der Waals surface area contributed by atoms with Crippen molar-refractivity contribution in [3.63, 3.8) is 0 Å². The summed E-state index contributed by atoms with van der Waals surface area (Å²) in [5.41, 5.74) is 1.25. The summed E-state index contributed by atoms with van der Waals surface area (Å²) >= 11 is 0. The number of anilines is 2. The number of nitrogens with one attached hydrogen (secondary N) is 2. The first-order valence-electron chi connectivity index (χ1n) is 10.5. The number of pyridine rings is 1. The van der Waals surface area contributed by atoms with E-state index in [1.54, 1.807) is 48.5 Å². The summed E-state index contributed by atoms with van der Waals surface area (Å²) in [6, 6.07) is 8.53. The van der Waals surface area contributed by atoms with E-state index < -0.39 is 0 Å². The van der Waals surface area contributed by atoms with E-state index in [1.807, 2.05) is 0 Å². The second kappa shape index (κ2) is 10.2. The van der Waals surface area contributed by atoms with Crippen molar-refractivity contribution < 1.29 is 28.5 Å². The highest BCUT2D eigenvalue weighted by atomic mass is 16.7. The predicted octanol–water partition coefficient (Wildman–Crippen LogP) is 2.72. The number of piperidine rings is 1. The smallest absolute Gasteiger partial charge is 0.321 e. The van der Waals surface area contributed by atoms with E-state index >= 15 is 0 Å². The van der Waals surface area contributed by atoms with Crippen molar-refractivity contribution in [3.05, 3.63) is 36.5 Å². The Morgan fingerprint density at radius 2 is 1.84 bits per heavy atom.